The molecule has 0 fully saturated rings. The standard InChI is InChI=1S/C19H20N2O5S/c1-10-4-6-13-15(8-10)27-18(16(13)19(23)26-3)20-17(22)12-5-7-14(21(24)25)11(2)9-12/h5,7,9-10H,4,6,8H2,1-3H3,(H,20,22). The van der Waals surface area contributed by atoms with Crippen molar-refractivity contribution in [2.75, 3.05) is 12.4 Å². The topological polar surface area (TPSA) is 98.5 Å². The van der Waals surface area contributed by atoms with Crippen LogP contribution in [0.5, 0.6) is 0 Å². The van der Waals surface area contributed by atoms with Crippen molar-refractivity contribution in [3.63, 3.8) is 0 Å². The predicted molar refractivity (Wildman–Crippen MR) is 103 cm³/mol. The largest absolute Gasteiger partial charge is 0.465 e. The van der Waals surface area contributed by atoms with E-state index in [1.165, 1.54) is 36.6 Å². The summed E-state index contributed by atoms with van der Waals surface area (Å²) < 4.78 is 4.92. The maximum atomic E-state index is 12.7. The number of hydrogen-bond acceptors (Lipinski definition) is 6. The minimum atomic E-state index is -0.485. The molecule has 1 aliphatic rings. The van der Waals surface area contributed by atoms with E-state index in [0.717, 1.165) is 29.7 Å². The lowest BCUT2D eigenvalue weighted by atomic mass is 9.88. The average molecular weight is 388 g/mol. The molecule has 0 bridgehead atoms. The van der Waals surface area contributed by atoms with Gasteiger partial charge in [0.25, 0.3) is 11.6 Å². The summed E-state index contributed by atoms with van der Waals surface area (Å²) >= 11 is 1.40. The van der Waals surface area contributed by atoms with Crippen LogP contribution in [0.1, 0.15) is 50.1 Å². The van der Waals surface area contributed by atoms with Crippen molar-refractivity contribution in [3.8, 4) is 0 Å². The lowest BCUT2D eigenvalue weighted by Crippen LogP contribution is -2.16. The molecule has 3 rings (SSSR count). The smallest absolute Gasteiger partial charge is 0.341 e. The Hall–Kier alpha value is -2.74. The van der Waals surface area contributed by atoms with E-state index in [9.17, 15) is 19.7 Å². The van der Waals surface area contributed by atoms with E-state index in [-0.39, 0.29) is 5.69 Å². The first-order valence-electron chi connectivity index (χ1n) is 8.61. The fourth-order valence-electron chi connectivity index (χ4n) is 3.33. The van der Waals surface area contributed by atoms with Gasteiger partial charge in [-0.15, -0.1) is 11.3 Å². The summed E-state index contributed by atoms with van der Waals surface area (Å²) in [5.74, 6) is -0.343. The van der Waals surface area contributed by atoms with Crippen molar-refractivity contribution in [1.82, 2.24) is 0 Å². The van der Waals surface area contributed by atoms with Crippen LogP contribution in [0.4, 0.5) is 10.7 Å². The Morgan fingerprint density at radius 1 is 1.37 bits per heavy atom. The van der Waals surface area contributed by atoms with Crippen LogP contribution < -0.4 is 5.32 Å². The van der Waals surface area contributed by atoms with Crippen molar-refractivity contribution in [2.45, 2.75) is 33.1 Å². The van der Waals surface area contributed by atoms with Crippen LogP contribution in [0.2, 0.25) is 0 Å². The second-order valence-electron chi connectivity index (χ2n) is 6.76. The van der Waals surface area contributed by atoms with Gasteiger partial charge in [0.2, 0.25) is 0 Å². The molecular formula is C19H20N2O5S. The molecule has 1 heterocycles. The average Bonchev–Trinajstić information content (AvgIpc) is 2.97. The summed E-state index contributed by atoms with van der Waals surface area (Å²) in [6, 6.07) is 4.20. The number of nitro groups is 1. The first-order chi connectivity index (χ1) is 12.8. The Kier molecular flexibility index (Phi) is 5.27. The number of ether oxygens (including phenoxy) is 1. The van der Waals surface area contributed by atoms with Crippen molar-refractivity contribution < 1.29 is 19.2 Å². The van der Waals surface area contributed by atoms with Crippen LogP contribution in [0.25, 0.3) is 0 Å². The number of hydrogen-bond donors (Lipinski definition) is 1. The summed E-state index contributed by atoms with van der Waals surface area (Å²) in [4.78, 5) is 36.5. The Balaban J connectivity index is 1.93. The van der Waals surface area contributed by atoms with Gasteiger partial charge >= 0.3 is 5.97 Å². The third-order valence-electron chi connectivity index (χ3n) is 4.78. The van der Waals surface area contributed by atoms with Crippen LogP contribution in [0.15, 0.2) is 18.2 Å². The molecule has 0 saturated heterocycles. The molecule has 0 saturated carbocycles. The lowest BCUT2D eigenvalue weighted by molar-refractivity contribution is -0.385. The minimum Gasteiger partial charge on any atom is -0.465 e. The fraction of sp³-hybridized carbons (Fsp3) is 0.368. The molecule has 1 N–H and O–H groups in total. The monoisotopic (exact) mass is 388 g/mol. The van der Waals surface area contributed by atoms with Crippen molar-refractivity contribution in [1.29, 1.82) is 0 Å². The zero-order chi connectivity index (χ0) is 19.7. The SMILES string of the molecule is COC(=O)c1c(NC(=O)c2ccc([N+](=O)[O-])c(C)c2)sc2c1CCC(C)C2. The normalized spacial score (nSPS) is 15.7. The van der Waals surface area contributed by atoms with E-state index >= 15 is 0 Å². The highest BCUT2D eigenvalue weighted by atomic mass is 32.1. The van der Waals surface area contributed by atoms with Crippen LogP contribution >= 0.6 is 11.3 Å². The van der Waals surface area contributed by atoms with E-state index in [0.29, 0.717) is 27.6 Å². The van der Waals surface area contributed by atoms with Gasteiger partial charge in [-0.25, -0.2) is 4.79 Å². The number of carbonyl (C=O) groups excluding carboxylic acids is 2. The maximum Gasteiger partial charge on any atom is 0.341 e. The number of aryl methyl sites for hydroxylation is 1. The summed E-state index contributed by atoms with van der Waals surface area (Å²) in [6.07, 6.45) is 2.64. The molecule has 1 atom stereocenters. The quantitative estimate of drug-likeness (QED) is 0.482. The molecule has 27 heavy (non-hydrogen) atoms. The number of esters is 1. The molecule has 8 heteroatoms. The van der Waals surface area contributed by atoms with E-state index in [1.807, 2.05) is 0 Å². The molecule has 1 aromatic carbocycles. The molecule has 1 unspecified atom stereocenters. The maximum absolute atomic E-state index is 12.7. The molecule has 0 aliphatic heterocycles. The van der Waals surface area contributed by atoms with E-state index < -0.39 is 16.8 Å². The number of nitrogens with one attached hydrogen (secondary N) is 1. The summed E-state index contributed by atoms with van der Waals surface area (Å²) in [5, 5.41) is 14.2. The Morgan fingerprint density at radius 2 is 2.11 bits per heavy atom. The number of fused-ring (bicyclic) bond motifs is 1. The molecule has 0 radical (unpaired) electrons. The first kappa shape index (κ1) is 19.0. The Bertz CT molecular complexity index is 934. The van der Waals surface area contributed by atoms with E-state index in [1.54, 1.807) is 6.92 Å². The lowest BCUT2D eigenvalue weighted by Gasteiger charge is -2.18. The first-order valence-corrected chi connectivity index (χ1v) is 9.42. The fourth-order valence-corrected chi connectivity index (χ4v) is 4.73. The van der Waals surface area contributed by atoms with Crippen molar-refractivity contribution in [2.24, 2.45) is 5.92 Å². The third-order valence-corrected chi connectivity index (χ3v) is 5.95. The molecule has 1 aliphatic carbocycles. The van der Waals surface area contributed by atoms with Crippen LogP contribution in [0.3, 0.4) is 0 Å². The number of nitrogens with zero attached hydrogens (tertiary/aromatic N) is 1. The molecule has 142 valence electrons. The number of anilines is 1. The Labute approximate surface area is 160 Å². The highest BCUT2D eigenvalue weighted by Gasteiger charge is 2.29. The summed E-state index contributed by atoms with van der Waals surface area (Å²) in [7, 11) is 1.32. The number of thiophene rings is 1. The number of amides is 1. The van der Waals surface area contributed by atoms with Gasteiger partial charge in [0.1, 0.15) is 5.00 Å². The summed E-state index contributed by atoms with van der Waals surface area (Å²) in [5.41, 5.74) is 2.05. The molecular weight excluding hydrogens is 368 g/mol. The highest BCUT2D eigenvalue weighted by Crippen LogP contribution is 2.40. The molecule has 2 aromatic rings. The number of nitro benzene ring substituents is 1. The Morgan fingerprint density at radius 3 is 2.74 bits per heavy atom. The van der Waals surface area contributed by atoms with Gasteiger partial charge in [-0.3, -0.25) is 14.9 Å². The van der Waals surface area contributed by atoms with E-state index in [2.05, 4.69) is 12.2 Å². The van der Waals surface area contributed by atoms with Gasteiger partial charge in [-0.2, -0.15) is 0 Å². The predicted octanol–water partition coefficient (Wildman–Crippen LogP) is 4.13. The molecule has 0 spiro atoms. The molecule has 7 nitrogen and oxygen atoms in total. The van der Waals surface area contributed by atoms with Gasteiger partial charge < -0.3 is 10.1 Å². The van der Waals surface area contributed by atoms with Crippen molar-refractivity contribution in [3.05, 3.63) is 55.4 Å². The second kappa shape index (κ2) is 7.48. The number of methoxy groups -OCH3 is 1. The van der Waals surface area contributed by atoms with Crippen molar-refractivity contribution >= 4 is 33.9 Å². The van der Waals surface area contributed by atoms with Crippen LogP contribution in [-0.2, 0) is 17.6 Å². The number of rotatable bonds is 4. The minimum absolute atomic E-state index is 0.0395. The van der Waals surface area contributed by atoms with Gasteiger partial charge in [-0.1, -0.05) is 6.92 Å². The van der Waals surface area contributed by atoms with Gasteiger partial charge in [0.05, 0.1) is 17.6 Å². The zero-order valence-electron chi connectivity index (χ0n) is 15.3. The summed E-state index contributed by atoms with van der Waals surface area (Å²) in [6.45, 7) is 3.75. The van der Waals surface area contributed by atoms with Crippen LogP contribution in [-0.4, -0.2) is 23.9 Å². The number of carbonyl (C=O) groups is 2. The van der Waals surface area contributed by atoms with Gasteiger partial charge in [0.15, 0.2) is 0 Å². The molecule has 1 amide bonds. The third kappa shape index (κ3) is 3.71. The van der Waals surface area contributed by atoms with Gasteiger partial charge in [-0.05, 0) is 49.8 Å². The zero-order valence-corrected chi connectivity index (χ0v) is 16.1. The molecule has 1 aromatic heterocycles. The van der Waals surface area contributed by atoms with E-state index in [4.69, 9.17) is 4.74 Å². The number of benzene rings is 1. The van der Waals surface area contributed by atoms with Crippen LogP contribution in [0, 0.1) is 23.0 Å². The second-order valence-corrected chi connectivity index (χ2v) is 7.87. The van der Waals surface area contributed by atoms with Gasteiger partial charge in [0, 0.05) is 22.1 Å². The highest BCUT2D eigenvalue weighted by molar-refractivity contribution is 7.17.